The molecule has 2 rings (SSSR count). The Morgan fingerprint density at radius 2 is 2.06 bits per heavy atom. The van der Waals surface area contributed by atoms with Crippen molar-refractivity contribution in [3.8, 4) is 0 Å². The summed E-state index contributed by atoms with van der Waals surface area (Å²) in [5, 5.41) is 0.866. The van der Waals surface area contributed by atoms with Gasteiger partial charge >= 0.3 is 0 Å². The van der Waals surface area contributed by atoms with E-state index in [1.54, 1.807) is 0 Å². The average Bonchev–Trinajstić information content (AvgIpc) is 2.28. The van der Waals surface area contributed by atoms with Crippen LogP contribution in [0.1, 0.15) is 44.2 Å². The lowest BCUT2D eigenvalue weighted by molar-refractivity contribution is 0.161. The molecule has 1 aliphatic rings. The molecule has 100 valence electrons. The molecule has 3 unspecified atom stereocenters. The monoisotopic (exact) mass is 265 g/mol. The molecule has 0 amide bonds. The minimum Gasteiger partial charge on any atom is -0.325 e. The summed E-state index contributed by atoms with van der Waals surface area (Å²) in [6.07, 6.45) is 4.55. The zero-order valence-electron chi connectivity index (χ0n) is 11.7. The predicted octanol–water partition coefficient (Wildman–Crippen LogP) is 4.34. The second kappa shape index (κ2) is 5.22. The number of aryl methyl sites for hydroxylation is 1. The van der Waals surface area contributed by atoms with Crippen molar-refractivity contribution in [2.75, 3.05) is 0 Å². The maximum atomic E-state index is 6.67. The highest BCUT2D eigenvalue weighted by atomic mass is 35.5. The molecule has 2 heteroatoms. The van der Waals surface area contributed by atoms with E-state index in [2.05, 4.69) is 32.9 Å². The molecule has 0 spiro atoms. The van der Waals surface area contributed by atoms with Crippen LogP contribution in [0.4, 0.5) is 0 Å². The summed E-state index contributed by atoms with van der Waals surface area (Å²) in [5.74, 6) is 1.31. The van der Waals surface area contributed by atoms with Gasteiger partial charge in [0.15, 0.2) is 0 Å². The zero-order valence-corrected chi connectivity index (χ0v) is 12.4. The summed E-state index contributed by atoms with van der Waals surface area (Å²) >= 11 is 6.34. The molecular formula is C16H24ClN. The van der Waals surface area contributed by atoms with Crippen LogP contribution in [-0.2, 0) is 6.42 Å². The normalized spacial score (nSPS) is 32.5. The van der Waals surface area contributed by atoms with Gasteiger partial charge in [0.1, 0.15) is 0 Å². The van der Waals surface area contributed by atoms with E-state index in [9.17, 15) is 0 Å². The summed E-state index contributed by atoms with van der Waals surface area (Å²) in [6, 6.07) is 6.30. The van der Waals surface area contributed by atoms with Crippen molar-refractivity contribution in [3.05, 3.63) is 34.3 Å². The molecular weight excluding hydrogens is 242 g/mol. The van der Waals surface area contributed by atoms with Crippen LogP contribution in [0.25, 0.3) is 0 Å². The number of benzene rings is 1. The fraction of sp³-hybridized carbons (Fsp3) is 0.625. The van der Waals surface area contributed by atoms with Crippen molar-refractivity contribution in [3.63, 3.8) is 0 Å². The van der Waals surface area contributed by atoms with Crippen LogP contribution in [0.2, 0.25) is 5.02 Å². The van der Waals surface area contributed by atoms with Crippen molar-refractivity contribution in [1.82, 2.24) is 0 Å². The van der Waals surface area contributed by atoms with E-state index in [4.69, 9.17) is 17.3 Å². The molecule has 0 aliphatic heterocycles. The molecule has 3 atom stereocenters. The topological polar surface area (TPSA) is 26.0 Å². The van der Waals surface area contributed by atoms with E-state index in [1.807, 2.05) is 6.07 Å². The Hall–Kier alpha value is -0.530. The first-order chi connectivity index (χ1) is 8.40. The number of hydrogen-bond acceptors (Lipinski definition) is 1. The number of halogens is 1. The van der Waals surface area contributed by atoms with Crippen LogP contribution in [0, 0.1) is 18.8 Å². The van der Waals surface area contributed by atoms with Crippen LogP contribution < -0.4 is 5.73 Å². The molecule has 0 radical (unpaired) electrons. The molecule has 1 fully saturated rings. The van der Waals surface area contributed by atoms with Crippen molar-refractivity contribution in [2.24, 2.45) is 17.6 Å². The Morgan fingerprint density at radius 1 is 1.33 bits per heavy atom. The molecule has 1 saturated carbocycles. The second-order valence-electron chi connectivity index (χ2n) is 6.29. The maximum Gasteiger partial charge on any atom is 0.0441 e. The van der Waals surface area contributed by atoms with Crippen molar-refractivity contribution >= 4 is 11.6 Å². The van der Waals surface area contributed by atoms with Crippen LogP contribution in [-0.4, -0.2) is 5.54 Å². The van der Waals surface area contributed by atoms with Gasteiger partial charge in [0.2, 0.25) is 0 Å². The highest BCUT2D eigenvalue weighted by Gasteiger charge is 2.37. The molecule has 0 bridgehead atoms. The Labute approximate surface area is 116 Å². The lowest BCUT2D eigenvalue weighted by atomic mass is 9.68. The van der Waals surface area contributed by atoms with Gasteiger partial charge < -0.3 is 5.73 Å². The summed E-state index contributed by atoms with van der Waals surface area (Å²) in [7, 11) is 0. The first-order valence-electron chi connectivity index (χ1n) is 6.94. The van der Waals surface area contributed by atoms with Gasteiger partial charge in [-0.25, -0.2) is 0 Å². The van der Waals surface area contributed by atoms with Crippen LogP contribution in [0.5, 0.6) is 0 Å². The highest BCUT2D eigenvalue weighted by Crippen LogP contribution is 2.38. The van der Waals surface area contributed by atoms with Crippen LogP contribution >= 0.6 is 11.6 Å². The van der Waals surface area contributed by atoms with Crippen molar-refractivity contribution < 1.29 is 0 Å². The molecule has 2 N–H and O–H groups in total. The Bertz CT molecular complexity index is 429. The Balaban J connectivity index is 2.20. The van der Waals surface area contributed by atoms with E-state index < -0.39 is 0 Å². The minimum atomic E-state index is -0.0867. The predicted molar refractivity (Wildman–Crippen MR) is 79.0 cm³/mol. The average molecular weight is 266 g/mol. The third-order valence-electron chi connectivity index (χ3n) is 4.53. The fourth-order valence-corrected chi connectivity index (χ4v) is 3.47. The van der Waals surface area contributed by atoms with Gasteiger partial charge in [0, 0.05) is 10.6 Å². The van der Waals surface area contributed by atoms with E-state index in [0.717, 1.165) is 23.8 Å². The first kappa shape index (κ1) is 13.9. The van der Waals surface area contributed by atoms with Gasteiger partial charge in [0.05, 0.1) is 0 Å². The first-order valence-corrected chi connectivity index (χ1v) is 7.32. The molecule has 0 aromatic heterocycles. The third-order valence-corrected chi connectivity index (χ3v) is 4.88. The molecule has 1 aliphatic carbocycles. The van der Waals surface area contributed by atoms with E-state index in [0.29, 0.717) is 5.92 Å². The van der Waals surface area contributed by atoms with Gasteiger partial charge in [-0.05, 0) is 55.2 Å². The van der Waals surface area contributed by atoms with Crippen molar-refractivity contribution in [1.29, 1.82) is 0 Å². The van der Waals surface area contributed by atoms with Gasteiger partial charge in [-0.1, -0.05) is 44.0 Å². The van der Waals surface area contributed by atoms with Crippen LogP contribution in [0.15, 0.2) is 18.2 Å². The zero-order chi connectivity index (χ0) is 13.3. The van der Waals surface area contributed by atoms with E-state index >= 15 is 0 Å². The Morgan fingerprint density at radius 3 is 2.72 bits per heavy atom. The lowest BCUT2D eigenvalue weighted by Gasteiger charge is -2.42. The molecule has 1 nitrogen and oxygen atoms in total. The molecule has 0 heterocycles. The van der Waals surface area contributed by atoms with Gasteiger partial charge in [-0.15, -0.1) is 0 Å². The minimum absolute atomic E-state index is 0.0867. The molecule has 1 aromatic rings. The summed E-state index contributed by atoms with van der Waals surface area (Å²) in [5.41, 5.74) is 8.99. The standard InChI is InChI=1S/C16H24ClN/c1-11-5-7-14(15(17)8-11)10-16(18)9-12(2)4-6-13(16)3/h5,7-8,12-13H,4,6,9-10,18H2,1-3H3. The third kappa shape index (κ3) is 2.89. The second-order valence-corrected chi connectivity index (χ2v) is 6.70. The summed E-state index contributed by atoms with van der Waals surface area (Å²) in [4.78, 5) is 0. The van der Waals surface area contributed by atoms with Gasteiger partial charge in [0.25, 0.3) is 0 Å². The Kier molecular flexibility index (Phi) is 4.03. The van der Waals surface area contributed by atoms with Crippen molar-refractivity contribution in [2.45, 2.75) is 52.0 Å². The highest BCUT2D eigenvalue weighted by molar-refractivity contribution is 6.31. The quantitative estimate of drug-likeness (QED) is 0.846. The molecule has 0 saturated heterocycles. The van der Waals surface area contributed by atoms with Gasteiger partial charge in [-0.3, -0.25) is 0 Å². The number of rotatable bonds is 2. The number of hydrogen-bond donors (Lipinski definition) is 1. The largest absolute Gasteiger partial charge is 0.325 e. The molecule has 1 aromatic carbocycles. The summed E-state index contributed by atoms with van der Waals surface area (Å²) < 4.78 is 0. The lowest BCUT2D eigenvalue weighted by Crippen LogP contribution is -2.51. The van der Waals surface area contributed by atoms with E-state index in [1.165, 1.54) is 24.0 Å². The maximum absolute atomic E-state index is 6.67. The van der Waals surface area contributed by atoms with E-state index in [-0.39, 0.29) is 5.54 Å². The van der Waals surface area contributed by atoms with Crippen LogP contribution in [0.3, 0.4) is 0 Å². The number of nitrogens with two attached hydrogens (primary N) is 1. The molecule has 18 heavy (non-hydrogen) atoms. The summed E-state index contributed by atoms with van der Waals surface area (Å²) in [6.45, 7) is 6.66. The van der Waals surface area contributed by atoms with Gasteiger partial charge in [-0.2, -0.15) is 0 Å². The smallest absolute Gasteiger partial charge is 0.0441 e. The SMILES string of the molecule is Cc1ccc(CC2(N)CC(C)CCC2C)c(Cl)c1. The fourth-order valence-electron chi connectivity index (χ4n) is 3.17.